The van der Waals surface area contributed by atoms with E-state index in [0.717, 1.165) is 11.3 Å². The summed E-state index contributed by atoms with van der Waals surface area (Å²) in [6, 6.07) is 0. The number of ether oxygens (including phenoxy) is 2. The van der Waals surface area contributed by atoms with Crippen molar-refractivity contribution in [1.29, 1.82) is 0 Å². The second-order valence-electron chi connectivity index (χ2n) is 2.57. The van der Waals surface area contributed by atoms with Crippen LogP contribution in [0.5, 0.6) is 0 Å². The second-order valence-corrected chi connectivity index (χ2v) is 2.57. The minimum absolute atomic E-state index is 0.355. The number of rotatable bonds is 1. The van der Waals surface area contributed by atoms with Gasteiger partial charge in [-0.1, -0.05) is 12.2 Å². The van der Waals surface area contributed by atoms with Gasteiger partial charge < -0.3 is 9.47 Å². The van der Waals surface area contributed by atoms with Crippen LogP contribution >= 0.6 is 0 Å². The fraction of sp³-hybridized carbons (Fsp3) is 0.222. The van der Waals surface area contributed by atoms with Crippen LogP contribution in [0.1, 0.15) is 0 Å². The lowest BCUT2D eigenvalue weighted by Gasteiger charge is -2.06. The monoisotopic (exact) mass is 164 g/mol. The molecule has 1 heterocycles. The predicted molar refractivity (Wildman–Crippen MR) is 42.2 cm³/mol. The lowest BCUT2D eigenvalue weighted by Crippen LogP contribution is -2.19. The highest BCUT2D eigenvalue weighted by molar-refractivity contribution is 5.79. The van der Waals surface area contributed by atoms with Crippen LogP contribution in [-0.2, 0) is 14.3 Å². The van der Waals surface area contributed by atoms with Crippen molar-refractivity contribution >= 4 is 5.97 Å². The van der Waals surface area contributed by atoms with Gasteiger partial charge in [-0.05, 0) is 12.2 Å². The Morgan fingerprint density at radius 2 is 2.50 bits per heavy atom. The minimum atomic E-state index is -0.554. The second kappa shape index (κ2) is 2.52. The Bertz CT molecular complexity index is 310. The van der Waals surface area contributed by atoms with Crippen LogP contribution in [0.15, 0.2) is 35.6 Å². The number of methoxy groups -OCH3 is 1. The van der Waals surface area contributed by atoms with E-state index in [-0.39, 0.29) is 5.97 Å². The van der Waals surface area contributed by atoms with Crippen LogP contribution in [0.25, 0.3) is 0 Å². The Hall–Kier alpha value is -1.51. The number of hydrogen-bond donors (Lipinski definition) is 0. The highest BCUT2D eigenvalue weighted by atomic mass is 16.6. The van der Waals surface area contributed by atoms with Crippen molar-refractivity contribution in [3.8, 4) is 0 Å². The molecule has 1 unspecified atom stereocenters. The first-order valence-electron chi connectivity index (χ1n) is 3.66. The third-order valence-electron chi connectivity index (χ3n) is 1.83. The molecule has 0 amide bonds. The predicted octanol–water partition coefficient (Wildman–Crippen LogP) is 0.938. The molecule has 0 spiro atoms. The van der Waals surface area contributed by atoms with E-state index in [1.54, 1.807) is 6.08 Å². The molecule has 2 aliphatic rings. The number of allylic oxidation sites excluding steroid dienone is 3. The lowest BCUT2D eigenvalue weighted by molar-refractivity contribution is -0.147. The van der Waals surface area contributed by atoms with Crippen LogP contribution in [0, 0.1) is 0 Å². The van der Waals surface area contributed by atoms with Crippen molar-refractivity contribution < 1.29 is 14.3 Å². The molecule has 0 radical (unpaired) electrons. The van der Waals surface area contributed by atoms with E-state index in [4.69, 9.17) is 4.74 Å². The first-order valence-corrected chi connectivity index (χ1v) is 3.66. The van der Waals surface area contributed by atoms with Crippen LogP contribution in [0.4, 0.5) is 0 Å². The number of carbonyl (C=O) groups is 1. The summed E-state index contributed by atoms with van der Waals surface area (Å²) in [5.41, 5.74) is 0.963. The van der Waals surface area contributed by atoms with Crippen molar-refractivity contribution in [1.82, 2.24) is 0 Å². The molecule has 0 saturated heterocycles. The molecule has 1 aliphatic heterocycles. The molecule has 0 fully saturated rings. The Labute approximate surface area is 70.0 Å². The molecular weight excluding hydrogens is 156 g/mol. The average Bonchev–Trinajstić information content (AvgIpc) is 2.60. The molecule has 1 aliphatic carbocycles. The quantitative estimate of drug-likeness (QED) is 0.541. The molecule has 1 atom stereocenters. The van der Waals surface area contributed by atoms with Gasteiger partial charge in [0.15, 0.2) is 0 Å². The van der Waals surface area contributed by atoms with E-state index >= 15 is 0 Å². The van der Waals surface area contributed by atoms with Gasteiger partial charge in [-0.2, -0.15) is 0 Å². The average molecular weight is 164 g/mol. The normalized spacial score (nSPS) is 24.2. The van der Waals surface area contributed by atoms with Gasteiger partial charge in [0.1, 0.15) is 5.76 Å². The summed E-state index contributed by atoms with van der Waals surface area (Å²) in [6.07, 6.45) is 6.81. The third-order valence-corrected chi connectivity index (χ3v) is 1.83. The molecule has 0 aromatic carbocycles. The van der Waals surface area contributed by atoms with Crippen LogP contribution in [0.2, 0.25) is 0 Å². The van der Waals surface area contributed by atoms with E-state index in [1.165, 1.54) is 7.11 Å². The van der Waals surface area contributed by atoms with E-state index in [1.807, 2.05) is 18.2 Å². The first-order chi connectivity index (χ1) is 5.81. The van der Waals surface area contributed by atoms with Gasteiger partial charge in [0.2, 0.25) is 6.10 Å². The van der Waals surface area contributed by atoms with Gasteiger partial charge in [0, 0.05) is 5.57 Å². The van der Waals surface area contributed by atoms with E-state index in [2.05, 4.69) is 4.74 Å². The maximum absolute atomic E-state index is 11.0. The standard InChI is InChI=1S/C9H8O3/c1-11-9(10)8-5-6-3-2-4-7(6)12-8/h2-5,8H,1H3. The third kappa shape index (κ3) is 0.942. The maximum atomic E-state index is 11.0. The topological polar surface area (TPSA) is 35.5 Å². The van der Waals surface area contributed by atoms with Crippen molar-refractivity contribution in [3.05, 3.63) is 35.6 Å². The minimum Gasteiger partial charge on any atom is -0.474 e. The summed E-state index contributed by atoms with van der Waals surface area (Å²) in [5.74, 6) is 0.400. The number of fused-ring (bicyclic) bond motifs is 1. The van der Waals surface area contributed by atoms with Crippen molar-refractivity contribution in [3.63, 3.8) is 0 Å². The fourth-order valence-electron chi connectivity index (χ4n) is 1.23. The van der Waals surface area contributed by atoms with Gasteiger partial charge in [-0.15, -0.1) is 0 Å². The summed E-state index contributed by atoms with van der Waals surface area (Å²) in [4.78, 5) is 11.0. The molecule has 2 rings (SSSR count). The highest BCUT2D eigenvalue weighted by Crippen LogP contribution is 2.28. The van der Waals surface area contributed by atoms with Crippen molar-refractivity contribution in [2.45, 2.75) is 6.10 Å². The van der Waals surface area contributed by atoms with E-state index in [0.29, 0.717) is 0 Å². The van der Waals surface area contributed by atoms with Gasteiger partial charge in [0.05, 0.1) is 7.11 Å². The number of esters is 1. The van der Waals surface area contributed by atoms with Crippen LogP contribution in [-0.4, -0.2) is 19.2 Å². The molecule has 0 bridgehead atoms. The summed E-state index contributed by atoms with van der Waals surface area (Å²) in [5, 5.41) is 0. The van der Waals surface area contributed by atoms with Gasteiger partial charge in [-0.25, -0.2) is 4.79 Å². The van der Waals surface area contributed by atoms with Gasteiger partial charge in [0.25, 0.3) is 0 Å². The number of carbonyl (C=O) groups excluding carboxylic acids is 1. The molecule has 3 heteroatoms. The molecule has 0 saturated carbocycles. The van der Waals surface area contributed by atoms with Crippen molar-refractivity contribution in [2.75, 3.05) is 7.11 Å². The summed E-state index contributed by atoms with van der Waals surface area (Å²) in [7, 11) is 1.35. The van der Waals surface area contributed by atoms with Crippen molar-refractivity contribution in [2.24, 2.45) is 0 Å². The molecule has 62 valence electrons. The molecule has 0 aromatic heterocycles. The molecule has 12 heavy (non-hydrogen) atoms. The molecule has 0 aromatic rings. The maximum Gasteiger partial charge on any atom is 0.351 e. The smallest absolute Gasteiger partial charge is 0.351 e. The Morgan fingerprint density at radius 3 is 3.17 bits per heavy atom. The lowest BCUT2D eigenvalue weighted by atomic mass is 10.2. The zero-order valence-electron chi connectivity index (χ0n) is 6.61. The van der Waals surface area contributed by atoms with E-state index < -0.39 is 6.10 Å². The zero-order chi connectivity index (χ0) is 8.55. The van der Waals surface area contributed by atoms with Gasteiger partial charge in [-0.3, -0.25) is 0 Å². The first kappa shape index (κ1) is 7.16. The Morgan fingerprint density at radius 1 is 1.67 bits per heavy atom. The van der Waals surface area contributed by atoms with Crippen LogP contribution in [0.3, 0.4) is 0 Å². The van der Waals surface area contributed by atoms with Gasteiger partial charge >= 0.3 is 5.97 Å². The molecule has 0 N–H and O–H groups in total. The molecular formula is C9H8O3. The Kier molecular flexibility index (Phi) is 1.50. The summed E-state index contributed by atoms with van der Waals surface area (Å²) in [6.45, 7) is 0. The fourth-order valence-corrected chi connectivity index (χ4v) is 1.23. The zero-order valence-corrected chi connectivity index (χ0v) is 6.61. The van der Waals surface area contributed by atoms with Crippen LogP contribution < -0.4 is 0 Å². The largest absolute Gasteiger partial charge is 0.474 e. The SMILES string of the molecule is COC(=O)C1C=C2C=CC=C2O1. The summed E-state index contributed by atoms with van der Waals surface area (Å²) >= 11 is 0. The molecule has 3 nitrogen and oxygen atoms in total. The Balaban J connectivity index is 2.18. The summed E-state index contributed by atoms with van der Waals surface area (Å²) < 4.78 is 9.81. The highest BCUT2D eigenvalue weighted by Gasteiger charge is 2.28. The van der Waals surface area contributed by atoms with E-state index in [9.17, 15) is 4.79 Å². The number of hydrogen-bond acceptors (Lipinski definition) is 3.